The van der Waals surface area contributed by atoms with Gasteiger partial charge >= 0.3 is 0 Å². The SMILES string of the molecule is Cn1cc(-c2nc(=S)nc(N)[nH]2)cn1. The molecule has 0 saturated carbocycles. The molecule has 0 bridgehead atoms. The number of aromatic amines is 1. The molecule has 3 N–H and O–H groups in total. The summed E-state index contributed by atoms with van der Waals surface area (Å²) < 4.78 is 1.89. The maximum absolute atomic E-state index is 5.50. The van der Waals surface area contributed by atoms with Crippen LogP contribution in [0.25, 0.3) is 11.4 Å². The van der Waals surface area contributed by atoms with Gasteiger partial charge in [0.25, 0.3) is 0 Å². The van der Waals surface area contributed by atoms with Gasteiger partial charge in [-0.05, 0) is 12.2 Å². The van der Waals surface area contributed by atoms with Gasteiger partial charge in [0.2, 0.25) is 10.7 Å². The van der Waals surface area contributed by atoms with Gasteiger partial charge in [-0.25, -0.2) is 4.98 Å². The molecular formula is C7H8N6S. The van der Waals surface area contributed by atoms with Crippen molar-refractivity contribution in [3.63, 3.8) is 0 Å². The topological polar surface area (TPSA) is 85.4 Å². The molecule has 0 unspecified atom stereocenters. The Morgan fingerprint density at radius 1 is 1.50 bits per heavy atom. The second-order valence-electron chi connectivity index (χ2n) is 2.77. The molecule has 0 fully saturated rings. The van der Waals surface area contributed by atoms with Crippen molar-refractivity contribution in [1.82, 2.24) is 24.7 Å². The zero-order chi connectivity index (χ0) is 10.1. The van der Waals surface area contributed by atoms with Crippen LogP contribution in [-0.2, 0) is 7.05 Å². The van der Waals surface area contributed by atoms with Crippen molar-refractivity contribution >= 4 is 18.2 Å². The molecule has 7 heteroatoms. The molecule has 0 spiro atoms. The number of nitrogen functional groups attached to an aromatic ring is 1. The van der Waals surface area contributed by atoms with Gasteiger partial charge in [-0.1, -0.05) is 0 Å². The highest BCUT2D eigenvalue weighted by atomic mass is 32.1. The lowest BCUT2D eigenvalue weighted by atomic mass is 10.3. The number of nitrogens with one attached hydrogen (secondary N) is 1. The summed E-state index contributed by atoms with van der Waals surface area (Å²) in [6.45, 7) is 0. The van der Waals surface area contributed by atoms with Gasteiger partial charge in [0, 0.05) is 13.2 Å². The summed E-state index contributed by atoms with van der Waals surface area (Å²) in [5.74, 6) is 0.833. The van der Waals surface area contributed by atoms with Crippen molar-refractivity contribution < 1.29 is 0 Å². The lowest BCUT2D eigenvalue weighted by Gasteiger charge is -1.97. The minimum Gasteiger partial charge on any atom is -0.369 e. The number of nitrogens with zero attached hydrogens (tertiary/aromatic N) is 4. The molecule has 2 rings (SSSR count). The van der Waals surface area contributed by atoms with E-state index in [9.17, 15) is 0 Å². The Morgan fingerprint density at radius 3 is 2.86 bits per heavy atom. The van der Waals surface area contributed by atoms with Crippen LogP contribution in [-0.4, -0.2) is 24.7 Å². The Hall–Kier alpha value is -1.76. The van der Waals surface area contributed by atoms with Crippen molar-refractivity contribution in [2.45, 2.75) is 0 Å². The summed E-state index contributed by atoms with van der Waals surface area (Å²) in [5.41, 5.74) is 6.33. The molecule has 2 aromatic rings. The largest absolute Gasteiger partial charge is 0.369 e. The molecule has 72 valence electrons. The van der Waals surface area contributed by atoms with E-state index in [2.05, 4.69) is 20.1 Å². The van der Waals surface area contributed by atoms with Crippen LogP contribution in [0.1, 0.15) is 0 Å². The fourth-order valence-corrected chi connectivity index (χ4v) is 1.27. The second-order valence-corrected chi connectivity index (χ2v) is 3.13. The van der Waals surface area contributed by atoms with Crippen LogP contribution in [0.4, 0.5) is 5.95 Å². The molecular weight excluding hydrogens is 200 g/mol. The van der Waals surface area contributed by atoms with E-state index in [0.29, 0.717) is 5.82 Å². The van der Waals surface area contributed by atoms with Crippen LogP contribution >= 0.6 is 12.2 Å². The zero-order valence-electron chi connectivity index (χ0n) is 7.43. The van der Waals surface area contributed by atoms with Gasteiger partial charge in [0.05, 0.1) is 11.8 Å². The maximum atomic E-state index is 5.50. The molecule has 0 aliphatic rings. The number of hydrogen-bond acceptors (Lipinski definition) is 5. The molecule has 0 aliphatic carbocycles. The molecule has 0 saturated heterocycles. The van der Waals surface area contributed by atoms with E-state index >= 15 is 0 Å². The lowest BCUT2D eigenvalue weighted by molar-refractivity contribution is 0.768. The second kappa shape index (κ2) is 3.18. The normalized spacial score (nSPS) is 10.4. The molecule has 0 atom stereocenters. The molecule has 6 nitrogen and oxygen atoms in total. The molecule has 2 heterocycles. The van der Waals surface area contributed by atoms with Crippen LogP contribution in [0.3, 0.4) is 0 Å². The quantitative estimate of drug-likeness (QED) is 0.667. The van der Waals surface area contributed by atoms with E-state index in [1.165, 1.54) is 0 Å². The summed E-state index contributed by atoms with van der Waals surface area (Å²) in [4.78, 5) is 10.6. The lowest BCUT2D eigenvalue weighted by Crippen LogP contribution is -1.99. The standard InChI is InChI=1S/C7H8N6S/c1-13-3-4(2-9-13)5-10-6(8)12-7(14)11-5/h2-3H,1H3,(H3,8,10,11,12,14). The van der Waals surface area contributed by atoms with Gasteiger partial charge in [-0.15, -0.1) is 0 Å². The molecule has 0 amide bonds. The smallest absolute Gasteiger partial charge is 0.224 e. The van der Waals surface area contributed by atoms with E-state index in [1.807, 2.05) is 13.2 Å². The minimum absolute atomic E-state index is 0.222. The van der Waals surface area contributed by atoms with E-state index in [4.69, 9.17) is 18.0 Å². The molecule has 2 aromatic heterocycles. The van der Waals surface area contributed by atoms with Crippen LogP contribution in [0, 0.1) is 4.77 Å². The number of aromatic nitrogens is 5. The third-order valence-electron chi connectivity index (χ3n) is 1.65. The predicted octanol–water partition coefficient (Wildman–Crippen LogP) is 0.517. The van der Waals surface area contributed by atoms with E-state index in [1.54, 1.807) is 10.9 Å². The number of rotatable bonds is 1. The third-order valence-corrected chi connectivity index (χ3v) is 1.83. The Kier molecular flexibility index (Phi) is 2.01. The van der Waals surface area contributed by atoms with E-state index in [0.717, 1.165) is 5.56 Å². The molecule has 0 radical (unpaired) electrons. The summed E-state index contributed by atoms with van der Waals surface area (Å²) in [6.07, 6.45) is 3.49. The van der Waals surface area contributed by atoms with Crippen LogP contribution < -0.4 is 5.73 Å². The molecule has 14 heavy (non-hydrogen) atoms. The van der Waals surface area contributed by atoms with Crippen molar-refractivity contribution in [3.05, 3.63) is 17.2 Å². The first-order chi connectivity index (χ1) is 6.65. The highest BCUT2D eigenvalue weighted by Crippen LogP contribution is 2.12. The fraction of sp³-hybridized carbons (Fsp3) is 0.143. The Bertz CT molecular complexity index is 513. The van der Waals surface area contributed by atoms with Gasteiger partial charge < -0.3 is 10.7 Å². The monoisotopic (exact) mass is 208 g/mol. The Labute approximate surface area is 84.8 Å². The van der Waals surface area contributed by atoms with Gasteiger partial charge in [-0.2, -0.15) is 10.1 Å². The maximum Gasteiger partial charge on any atom is 0.224 e. The number of H-pyrrole nitrogens is 1. The Balaban J connectivity index is 2.56. The predicted molar refractivity (Wildman–Crippen MR) is 53.8 cm³/mol. The summed E-state index contributed by atoms with van der Waals surface area (Å²) >= 11 is 4.84. The minimum atomic E-state index is 0.222. The third kappa shape index (κ3) is 1.62. The van der Waals surface area contributed by atoms with Crippen molar-refractivity contribution in [2.24, 2.45) is 7.05 Å². The van der Waals surface area contributed by atoms with Gasteiger partial charge in [-0.3, -0.25) is 4.68 Å². The number of aryl methyl sites for hydroxylation is 1. The number of nitrogens with two attached hydrogens (primary N) is 1. The first kappa shape index (κ1) is 8.82. The summed E-state index contributed by atoms with van der Waals surface area (Å²) in [7, 11) is 1.82. The highest BCUT2D eigenvalue weighted by molar-refractivity contribution is 7.71. The number of hydrogen-bond donors (Lipinski definition) is 2. The van der Waals surface area contributed by atoms with Crippen LogP contribution in [0.2, 0.25) is 0 Å². The van der Waals surface area contributed by atoms with Crippen molar-refractivity contribution in [3.8, 4) is 11.4 Å². The van der Waals surface area contributed by atoms with Gasteiger partial charge in [0.15, 0.2) is 0 Å². The average molecular weight is 208 g/mol. The van der Waals surface area contributed by atoms with Crippen molar-refractivity contribution in [2.75, 3.05) is 5.73 Å². The fourth-order valence-electron chi connectivity index (χ4n) is 1.08. The van der Waals surface area contributed by atoms with Gasteiger partial charge in [0.1, 0.15) is 5.82 Å². The van der Waals surface area contributed by atoms with E-state index < -0.39 is 0 Å². The molecule has 0 aliphatic heterocycles. The summed E-state index contributed by atoms with van der Waals surface area (Å²) in [5, 5.41) is 4.01. The Morgan fingerprint density at radius 2 is 2.29 bits per heavy atom. The van der Waals surface area contributed by atoms with Crippen LogP contribution in [0.5, 0.6) is 0 Å². The average Bonchev–Trinajstić information content (AvgIpc) is 2.50. The zero-order valence-corrected chi connectivity index (χ0v) is 8.25. The van der Waals surface area contributed by atoms with Crippen LogP contribution in [0.15, 0.2) is 12.4 Å². The first-order valence-corrected chi connectivity index (χ1v) is 4.29. The molecule has 0 aromatic carbocycles. The first-order valence-electron chi connectivity index (χ1n) is 3.88. The number of anilines is 1. The summed E-state index contributed by atoms with van der Waals surface area (Å²) in [6, 6.07) is 0. The van der Waals surface area contributed by atoms with E-state index in [-0.39, 0.29) is 10.7 Å². The van der Waals surface area contributed by atoms with Crippen molar-refractivity contribution in [1.29, 1.82) is 0 Å². The highest BCUT2D eigenvalue weighted by Gasteiger charge is 2.03.